The van der Waals surface area contributed by atoms with E-state index in [4.69, 9.17) is 14.0 Å². The number of methoxy groups -OCH3 is 1. The number of hydrogen-bond donors (Lipinski definition) is 2. The van der Waals surface area contributed by atoms with Gasteiger partial charge in [0.05, 0.1) is 7.11 Å². The number of nitrogens with one attached hydrogen (secondary N) is 2. The fourth-order valence-electron chi connectivity index (χ4n) is 2.69. The standard InChI is InChI=1S/C22H18N4O4/c1-28-17-8-10-18(11-9-17)30-21-20(3-2-13-23-21)25-22(27)24-16-6-4-15(5-7-16)19-12-14-29-26-19/h2-14H,1H3,(H2,24,25,27). The molecule has 2 aromatic heterocycles. The van der Waals surface area contributed by atoms with Crippen LogP contribution in [0.3, 0.4) is 0 Å². The summed E-state index contributed by atoms with van der Waals surface area (Å²) in [5, 5.41) is 9.41. The average molecular weight is 402 g/mol. The molecule has 8 heteroatoms. The summed E-state index contributed by atoms with van der Waals surface area (Å²) in [6.07, 6.45) is 3.10. The van der Waals surface area contributed by atoms with Crippen LogP contribution in [0.15, 0.2) is 83.7 Å². The number of ether oxygens (including phenoxy) is 2. The minimum Gasteiger partial charge on any atom is -0.497 e. The highest BCUT2D eigenvalue weighted by Gasteiger charge is 2.11. The summed E-state index contributed by atoms with van der Waals surface area (Å²) in [4.78, 5) is 16.6. The first-order valence-corrected chi connectivity index (χ1v) is 9.07. The lowest BCUT2D eigenvalue weighted by atomic mass is 10.1. The largest absolute Gasteiger partial charge is 0.497 e. The molecule has 150 valence electrons. The molecule has 0 bridgehead atoms. The van der Waals surface area contributed by atoms with Crippen molar-refractivity contribution in [2.45, 2.75) is 0 Å². The number of amides is 2. The van der Waals surface area contributed by atoms with Crippen molar-refractivity contribution in [3.05, 3.63) is 79.2 Å². The van der Waals surface area contributed by atoms with Crippen LogP contribution in [-0.4, -0.2) is 23.3 Å². The SMILES string of the molecule is COc1ccc(Oc2ncccc2NC(=O)Nc2ccc(-c3ccon3)cc2)cc1. The van der Waals surface area contributed by atoms with Crippen LogP contribution >= 0.6 is 0 Å². The van der Waals surface area contributed by atoms with Crippen LogP contribution in [0.25, 0.3) is 11.3 Å². The Hall–Kier alpha value is -4.33. The topological polar surface area (TPSA) is 98.5 Å². The Bertz CT molecular complexity index is 1110. The van der Waals surface area contributed by atoms with E-state index in [1.807, 2.05) is 12.1 Å². The van der Waals surface area contributed by atoms with Gasteiger partial charge in [-0.15, -0.1) is 0 Å². The van der Waals surface area contributed by atoms with E-state index in [1.54, 1.807) is 67.9 Å². The van der Waals surface area contributed by atoms with E-state index in [9.17, 15) is 4.79 Å². The zero-order chi connectivity index (χ0) is 20.8. The Morgan fingerprint density at radius 3 is 2.40 bits per heavy atom. The van der Waals surface area contributed by atoms with Gasteiger partial charge in [0.1, 0.15) is 29.1 Å². The normalized spacial score (nSPS) is 10.3. The molecule has 0 aliphatic carbocycles. The van der Waals surface area contributed by atoms with Gasteiger partial charge >= 0.3 is 6.03 Å². The fraction of sp³-hybridized carbons (Fsp3) is 0.0455. The third-order valence-corrected chi connectivity index (χ3v) is 4.17. The van der Waals surface area contributed by atoms with Crippen molar-refractivity contribution in [3.8, 4) is 28.6 Å². The minimum atomic E-state index is -0.420. The molecule has 0 aliphatic heterocycles. The summed E-state index contributed by atoms with van der Waals surface area (Å²) in [7, 11) is 1.59. The van der Waals surface area contributed by atoms with Crippen LogP contribution in [0, 0.1) is 0 Å². The van der Waals surface area contributed by atoms with Crippen LogP contribution in [-0.2, 0) is 0 Å². The first-order valence-electron chi connectivity index (χ1n) is 9.07. The Labute approximate surface area is 172 Å². The summed E-state index contributed by atoms with van der Waals surface area (Å²) in [6.45, 7) is 0. The van der Waals surface area contributed by atoms with E-state index < -0.39 is 6.03 Å². The van der Waals surface area contributed by atoms with Crippen molar-refractivity contribution < 1.29 is 18.8 Å². The van der Waals surface area contributed by atoms with Gasteiger partial charge in [0.15, 0.2) is 0 Å². The molecule has 4 aromatic rings. The Kier molecular flexibility index (Phi) is 5.56. The quantitative estimate of drug-likeness (QED) is 0.461. The number of carbonyl (C=O) groups excluding carboxylic acids is 1. The maximum absolute atomic E-state index is 12.4. The third kappa shape index (κ3) is 4.56. The number of urea groups is 1. The minimum absolute atomic E-state index is 0.277. The van der Waals surface area contributed by atoms with Gasteiger partial charge in [0, 0.05) is 23.5 Å². The third-order valence-electron chi connectivity index (χ3n) is 4.17. The molecule has 2 amide bonds. The van der Waals surface area contributed by atoms with Crippen molar-refractivity contribution in [1.29, 1.82) is 0 Å². The van der Waals surface area contributed by atoms with Crippen molar-refractivity contribution >= 4 is 17.4 Å². The predicted octanol–water partition coefficient (Wildman–Crippen LogP) is 5.18. The molecule has 0 saturated carbocycles. The number of benzene rings is 2. The molecule has 0 aliphatic rings. The highest BCUT2D eigenvalue weighted by atomic mass is 16.5. The second kappa shape index (κ2) is 8.78. The van der Waals surface area contributed by atoms with Crippen LogP contribution in [0.2, 0.25) is 0 Å². The Morgan fingerprint density at radius 1 is 0.933 bits per heavy atom. The highest BCUT2D eigenvalue weighted by molar-refractivity contribution is 6.00. The van der Waals surface area contributed by atoms with Gasteiger partial charge < -0.3 is 24.6 Å². The van der Waals surface area contributed by atoms with Gasteiger partial charge in [0.25, 0.3) is 0 Å². The number of hydrogen-bond acceptors (Lipinski definition) is 6. The molecule has 4 rings (SSSR count). The van der Waals surface area contributed by atoms with E-state index in [0.29, 0.717) is 17.1 Å². The maximum Gasteiger partial charge on any atom is 0.323 e. The lowest BCUT2D eigenvalue weighted by Crippen LogP contribution is -2.19. The second-order valence-corrected chi connectivity index (χ2v) is 6.17. The Morgan fingerprint density at radius 2 is 1.70 bits per heavy atom. The average Bonchev–Trinajstić information content (AvgIpc) is 3.31. The molecule has 30 heavy (non-hydrogen) atoms. The number of aromatic nitrogens is 2. The van der Waals surface area contributed by atoms with Crippen molar-refractivity contribution in [2.24, 2.45) is 0 Å². The molecule has 0 fully saturated rings. The van der Waals surface area contributed by atoms with Gasteiger partial charge in [-0.1, -0.05) is 17.3 Å². The summed E-state index contributed by atoms with van der Waals surface area (Å²) >= 11 is 0. The molecule has 0 unspecified atom stereocenters. The lowest BCUT2D eigenvalue weighted by molar-refractivity contribution is 0.262. The van der Waals surface area contributed by atoms with Crippen molar-refractivity contribution in [3.63, 3.8) is 0 Å². The maximum atomic E-state index is 12.4. The first-order chi connectivity index (χ1) is 14.7. The molecule has 0 spiro atoms. The zero-order valence-corrected chi connectivity index (χ0v) is 16.0. The predicted molar refractivity (Wildman–Crippen MR) is 112 cm³/mol. The fourth-order valence-corrected chi connectivity index (χ4v) is 2.69. The molecule has 0 atom stereocenters. The van der Waals surface area contributed by atoms with Gasteiger partial charge in [-0.2, -0.15) is 0 Å². The number of nitrogens with zero attached hydrogens (tertiary/aromatic N) is 2. The van der Waals surface area contributed by atoms with Crippen LogP contribution in [0.5, 0.6) is 17.4 Å². The number of pyridine rings is 1. The van der Waals surface area contributed by atoms with Crippen LogP contribution in [0.1, 0.15) is 0 Å². The second-order valence-electron chi connectivity index (χ2n) is 6.17. The van der Waals surface area contributed by atoms with E-state index in [1.165, 1.54) is 6.26 Å². The molecule has 8 nitrogen and oxygen atoms in total. The van der Waals surface area contributed by atoms with Gasteiger partial charge in [-0.05, 0) is 48.5 Å². The molecule has 2 heterocycles. The molecular weight excluding hydrogens is 384 g/mol. The van der Waals surface area contributed by atoms with Crippen LogP contribution < -0.4 is 20.1 Å². The molecule has 2 N–H and O–H groups in total. The molecule has 0 saturated heterocycles. The molecule has 2 aromatic carbocycles. The summed E-state index contributed by atoms with van der Waals surface area (Å²) < 4.78 is 15.8. The van der Waals surface area contributed by atoms with E-state index in [-0.39, 0.29) is 5.88 Å². The zero-order valence-electron chi connectivity index (χ0n) is 16.0. The monoisotopic (exact) mass is 402 g/mol. The number of rotatable bonds is 6. The van der Waals surface area contributed by atoms with E-state index >= 15 is 0 Å². The highest BCUT2D eigenvalue weighted by Crippen LogP contribution is 2.28. The summed E-state index contributed by atoms with van der Waals surface area (Å²) in [5.41, 5.74) is 2.67. The summed E-state index contributed by atoms with van der Waals surface area (Å²) in [5.74, 6) is 1.57. The number of anilines is 2. The van der Waals surface area contributed by atoms with Gasteiger partial charge in [-0.3, -0.25) is 0 Å². The van der Waals surface area contributed by atoms with Crippen molar-refractivity contribution in [1.82, 2.24) is 10.1 Å². The smallest absolute Gasteiger partial charge is 0.323 e. The van der Waals surface area contributed by atoms with E-state index in [2.05, 4.69) is 20.8 Å². The molecule has 0 radical (unpaired) electrons. The summed E-state index contributed by atoms with van der Waals surface area (Å²) in [6, 6.07) is 19.1. The Balaban J connectivity index is 1.42. The van der Waals surface area contributed by atoms with Crippen LogP contribution in [0.4, 0.5) is 16.2 Å². The first kappa shape index (κ1) is 19.0. The van der Waals surface area contributed by atoms with Gasteiger partial charge in [-0.25, -0.2) is 9.78 Å². The van der Waals surface area contributed by atoms with Crippen molar-refractivity contribution in [2.75, 3.05) is 17.7 Å². The number of carbonyl (C=O) groups is 1. The molecular formula is C22H18N4O4. The lowest BCUT2D eigenvalue weighted by Gasteiger charge is -2.12. The van der Waals surface area contributed by atoms with Gasteiger partial charge in [0.2, 0.25) is 5.88 Å². The van der Waals surface area contributed by atoms with E-state index in [0.717, 1.165) is 17.0 Å².